The summed E-state index contributed by atoms with van der Waals surface area (Å²) in [4.78, 5) is 12.5. The fraction of sp³-hybridized carbons (Fsp3) is 0.562. The highest BCUT2D eigenvalue weighted by Gasteiger charge is 2.40. The molecule has 3 heteroatoms. The van der Waals surface area contributed by atoms with Crippen LogP contribution in [-0.2, 0) is 0 Å². The summed E-state index contributed by atoms with van der Waals surface area (Å²) in [5, 5.41) is 0. The summed E-state index contributed by atoms with van der Waals surface area (Å²) < 4.78 is 6.08. The molecule has 2 aliphatic rings. The fourth-order valence-corrected chi connectivity index (χ4v) is 4.29. The molecule has 0 heterocycles. The first-order valence-electron chi connectivity index (χ1n) is 7.04. The number of fused-ring (bicyclic) bond motifs is 2. The van der Waals surface area contributed by atoms with Gasteiger partial charge in [0.15, 0.2) is 5.78 Å². The van der Waals surface area contributed by atoms with Crippen LogP contribution in [0.4, 0.5) is 0 Å². The maximum absolute atomic E-state index is 12.5. The number of halogens is 1. The zero-order chi connectivity index (χ0) is 13.4. The van der Waals surface area contributed by atoms with Crippen LogP contribution in [0.15, 0.2) is 22.7 Å². The maximum Gasteiger partial charge on any atom is 0.164 e. The number of rotatable bonds is 4. The minimum absolute atomic E-state index is 0.253. The van der Waals surface area contributed by atoms with Crippen molar-refractivity contribution >= 4 is 21.7 Å². The summed E-state index contributed by atoms with van der Waals surface area (Å²) in [7, 11) is 1.63. The monoisotopic (exact) mass is 322 g/mol. The van der Waals surface area contributed by atoms with Crippen LogP contribution >= 0.6 is 15.9 Å². The molecule has 102 valence electrons. The van der Waals surface area contributed by atoms with Crippen molar-refractivity contribution in [3.8, 4) is 5.75 Å². The second-order valence-corrected chi connectivity index (χ2v) is 6.76. The van der Waals surface area contributed by atoms with Crippen molar-refractivity contribution in [3.05, 3.63) is 28.2 Å². The summed E-state index contributed by atoms with van der Waals surface area (Å²) in [5.41, 5.74) is 0.766. The average Bonchev–Trinajstić information content (AvgIpc) is 3.01. The zero-order valence-corrected chi connectivity index (χ0v) is 12.8. The van der Waals surface area contributed by atoms with Crippen molar-refractivity contribution < 1.29 is 9.53 Å². The summed E-state index contributed by atoms with van der Waals surface area (Å²) in [6.07, 6.45) is 6.04. The van der Waals surface area contributed by atoms with Crippen LogP contribution in [0, 0.1) is 17.8 Å². The Bertz CT molecular complexity index is 498. The van der Waals surface area contributed by atoms with Gasteiger partial charge in [0.2, 0.25) is 0 Å². The molecule has 0 aliphatic heterocycles. The Morgan fingerprint density at radius 2 is 2.21 bits per heavy atom. The SMILES string of the molecule is COc1ccc(Br)c(C(=O)CC2CC3CCC2C3)c1. The molecule has 3 unspecified atom stereocenters. The quantitative estimate of drug-likeness (QED) is 0.764. The summed E-state index contributed by atoms with van der Waals surface area (Å²) in [6, 6.07) is 5.62. The number of Topliss-reactive ketones (excluding diaryl/α,β-unsaturated/α-hetero) is 1. The lowest BCUT2D eigenvalue weighted by Gasteiger charge is -2.21. The van der Waals surface area contributed by atoms with Crippen LogP contribution in [0.25, 0.3) is 0 Å². The first kappa shape index (κ1) is 13.2. The molecule has 2 fully saturated rings. The van der Waals surface area contributed by atoms with E-state index in [1.165, 1.54) is 25.7 Å². The molecule has 2 bridgehead atoms. The number of hydrogen-bond acceptors (Lipinski definition) is 2. The van der Waals surface area contributed by atoms with E-state index in [4.69, 9.17) is 4.74 Å². The van der Waals surface area contributed by atoms with Crippen LogP contribution < -0.4 is 4.74 Å². The van der Waals surface area contributed by atoms with Crippen LogP contribution in [0.5, 0.6) is 5.75 Å². The van der Waals surface area contributed by atoms with E-state index in [0.717, 1.165) is 27.6 Å². The van der Waals surface area contributed by atoms with Gasteiger partial charge in [-0.15, -0.1) is 0 Å². The van der Waals surface area contributed by atoms with Gasteiger partial charge >= 0.3 is 0 Å². The smallest absolute Gasteiger partial charge is 0.164 e. The molecule has 1 aromatic rings. The van der Waals surface area contributed by atoms with E-state index < -0.39 is 0 Å². The number of methoxy groups -OCH3 is 1. The lowest BCUT2D eigenvalue weighted by molar-refractivity contribution is 0.0943. The highest BCUT2D eigenvalue weighted by Crippen LogP contribution is 2.49. The molecule has 3 rings (SSSR count). The Morgan fingerprint density at radius 3 is 2.84 bits per heavy atom. The van der Waals surface area contributed by atoms with Gasteiger partial charge in [0.1, 0.15) is 5.75 Å². The molecule has 0 N–H and O–H groups in total. The number of hydrogen-bond donors (Lipinski definition) is 0. The molecular formula is C16H19BrO2. The molecule has 0 spiro atoms. The van der Waals surface area contributed by atoms with Gasteiger partial charge in [-0.1, -0.05) is 22.4 Å². The average molecular weight is 323 g/mol. The Hall–Kier alpha value is -0.830. The van der Waals surface area contributed by atoms with Crippen molar-refractivity contribution in [2.45, 2.75) is 32.1 Å². The number of ether oxygens (including phenoxy) is 1. The van der Waals surface area contributed by atoms with Crippen LogP contribution in [0.1, 0.15) is 42.5 Å². The molecule has 2 nitrogen and oxygen atoms in total. The predicted octanol–water partition coefficient (Wildman–Crippen LogP) is 4.47. The molecule has 0 amide bonds. The minimum Gasteiger partial charge on any atom is -0.497 e. The maximum atomic E-state index is 12.5. The zero-order valence-electron chi connectivity index (χ0n) is 11.2. The van der Waals surface area contributed by atoms with E-state index in [2.05, 4.69) is 15.9 Å². The van der Waals surface area contributed by atoms with E-state index in [0.29, 0.717) is 12.3 Å². The standard InChI is InChI=1S/C16H19BrO2/c1-19-13-4-5-15(17)14(9-13)16(18)8-12-7-10-2-3-11(12)6-10/h4-5,9-12H,2-3,6-8H2,1H3. The van der Waals surface area contributed by atoms with E-state index >= 15 is 0 Å². The third-order valence-electron chi connectivity index (χ3n) is 4.81. The first-order valence-corrected chi connectivity index (χ1v) is 7.83. The van der Waals surface area contributed by atoms with E-state index in [1.54, 1.807) is 7.11 Å². The topological polar surface area (TPSA) is 26.3 Å². The third-order valence-corrected chi connectivity index (χ3v) is 5.50. The Balaban J connectivity index is 1.73. The first-order chi connectivity index (χ1) is 9.17. The van der Waals surface area contributed by atoms with Gasteiger partial charge < -0.3 is 4.74 Å². The summed E-state index contributed by atoms with van der Waals surface area (Å²) in [6.45, 7) is 0. The highest BCUT2D eigenvalue weighted by molar-refractivity contribution is 9.10. The Morgan fingerprint density at radius 1 is 1.37 bits per heavy atom. The number of benzene rings is 1. The van der Waals surface area contributed by atoms with Crippen LogP contribution in [0.3, 0.4) is 0 Å². The van der Waals surface area contributed by atoms with Crippen LogP contribution in [0.2, 0.25) is 0 Å². The second kappa shape index (κ2) is 5.28. The lowest BCUT2D eigenvalue weighted by Crippen LogP contribution is -2.15. The fourth-order valence-electron chi connectivity index (χ4n) is 3.82. The molecule has 3 atom stereocenters. The highest BCUT2D eigenvalue weighted by atomic mass is 79.9. The van der Waals surface area contributed by atoms with Gasteiger partial charge in [-0.05, 0) is 55.2 Å². The minimum atomic E-state index is 0.253. The molecule has 2 aliphatic carbocycles. The van der Waals surface area contributed by atoms with Gasteiger partial charge in [-0.25, -0.2) is 0 Å². The molecule has 0 aromatic heterocycles. The predicted molar refractivity (Wildman–Crippen MR) is 78.6 cm³/mol. The van der Waals surface area contributed by atoms with Gasteiger partial charge in [0.25, 0.3) is 0 Å². The molecule has 19 heavy (non-hydrogen) atoms. The summed E-state index contributed by atoms with van der Waals surface area (Å²) >= 11 is 3.47. The molecule has 0 radical (unpaired) electrons. The normalized spacial score (nSPS) is 28.6. The van der Waals surface area contributed by atoms with E-state index in [1.807, 2.05) is 18.2 Å². The lowest BCUT2D eigenvalue weighted by atomic mass is 9.84. The van der Waals surface area contributed by atoms with Gasteiger partial charge in [0.05, 0.1) is 7.11 Å². The van der Waals surface area contributed by atoms with Crippen molar-refractivity contribution in [1.29, 1.82) is 0 Å². The molecule has 1 aromatic carbocycles. The second-order valence-electron chi connectivity index (χ2n) is 5.91. The largest absolute Gasteiger partial charge is 0.497 e. The van der Waals surface area contributed by atoms with Gasteiger partial charge in [-0.2, -0.15) is 0 Å². The van der Waals surface area contributed by atoms with Crippen molar-refractivity contribution in [2.24, 2.45) is 17.8 Å². The molecular weight excluding hydrogens is 304 g/mol. The van der Waals surface area contributed by atoms with E-state index in [-0.39, 0.29) is 5.78 Å². The third kappa shape index (κ3) is 2.58. The van der Waals surface area contributed by atoms with Crippen molar-refractivity contribution in [3.63, 3.8) is 0 Å². The van der Waals surface area contributed by atoms with Crippen molar-refractivity contribution in [1.82, 2.24) is 0 Å². The van der Waals surface area contributed by atoms with E-state index in [9.17, 15) is 4.79 Å². The molecule has 0 saturated heterocycles. The number of carbonyl (C=O) groups is 1. The van der Waals surface area contributed by atoms with Gasteiger partial charge in [0, 0.05) is 16.5 Å². The van der Waals surface area contributed by atoms with Crippen LogP contribution in [-0.4, -0.2) is 12.9 Å². The molecule has 2 saturated carbocycles. The summed E-state index contributed by atoms with van der Waals surface area (Å²) in [5.74, 6) is 3.32. The number of carbonyl (C=O) groups excluding carboxylic acids is 1. The Labute approximate surface area is 122 Å². The number of ketones is 1. The Kier molecular flexibility index (Phi) is 3.66. The van der Waals surface area contributed by atoms with Gasteiger partial charge in [-0.3, -0.25) is 4.79 Å². The van der Waals surface area contributed by atoms with Crippen molar-refractivity contribution in [2.75, 3.05) is 7.11 Å².